The minimum atomic E-state index is -0.341. The molecule has 26 heavy (non-hydrogen) atoms. The molecule has 1 aromatic carbocycles. The maximum Gasteiger partial charge on any atom is 0.293 e. The molecule has 136 valence electrons. The first kappa shape index (κ1) is 17.0. The molecule has 0 bridgehead atoms. The molecule has 2 heterocycles. The molecule has 3 aliphatic rings. The summed E-state index contributed by atoms with van der Waals surface area (Å²) in [6.07, 6.45) is 2.57. The van der Waals surface area contributed by atoms with Crippen LogP contribution < -0.4 is 14.8 Å². The highest BCUT2D eigenvalue weighted by molar-refractivity contribution is 8.18. The highest BCUT2D eigenvalue weighted by Crippen LogP contribution is 2.38. The van der Waals surface area contributed by atoms with Crippen LogP contribution in [0.4, 0.5) is 4.79 Å². The number of carbonyl (C=O) groups is 3. The first-order valence-corrected chi connectivity index (χ1v) is 9.27. The number of rotatable bonds is 5. The van der Waals surface area contributed by atoms with Crippen LogP contribution >= 0.6 is 11.8 Å². The first-order chi connectivity index (χ1) is 12.5. The Bertz CT molecular complexity index is 822. The van der Waals surface area contributed by atoms with Crippen LogP contribution in [0.25, 0.3) is 6.08 Å². The zero-order valence-electron chi connectivity index (χ0n) is 14.2. The molecule has 0 aromatic heterocycles. The number of carbonyl (C=O) groups excluding carboxylic acids is 3. The summed E-state index contributed by atoms with van der Waals surface area (Å²) in [7, 11) is 0. The Morgan fingerprint density at radius 2 is 2.12 bits per heavy atom. The van der Waals surface area contributed by atoms with Crippen molar-refractivity contribution in [2.24, 2.45) is 11.8 Å². The predicted octanol–water partition coefficient (Wildman–Crippen LogP) is 2.22. The van der Waals surface area contributed by atoms with Gasteiger partial charge < -0.3 is 14.8 Å². The molecule has 2 fully saturated rings. The maximum absolute atomic E-state index is 12.5. The van der Waals surface area contributed by atoms with Crippen molar-refractivity contribution in [2.45, 2.75) is 13.3 Å². The van der Waals surface area contributed by atoms with Crippen LogP contribution in [0.3, 0.4) is 0 Å². The van der Waals surface area contributed by atoms with Gasteiger partial charge in [-0.05, 0) is 47.9 Å². The van der Waals surface area contributed by atoms with Crippen LogP contribution in [0.2, 0.25) is 0 Å². The molecule has 7 nitrogen and oxygen atoms in total. The van der Waals surface area contributed by atoms with E-state index in [-0.39, 0.29) is 42.9 Å². The van der Waals surface area contributed by atoms with Gasteiger partial charge in [0.15, 0.2) is 11.5 Å². The molecule has 1 saturated heterocycles. The standard InChI is InChI=1S/C18H18N2O5S/c1-10-6-12(10)16(21)19-4-5-20-17(22)15(26-18(20)23)8-11-2-3-13-14(7-11)25-9-24-13/h2-3,7-8,10,12H,4-6,9H2,1H3,(H,19,21)/b15-8-/t10-,12+/m0/s1. The minimum absolute atomic E-state index is 0.000346. The Morgan fingerprint density at radius 1 is 1.35 bits per heavy atom. The van der Waals surface area contributed by atoms with Gasteiger partial charge in [0.1, 0.15) is 0 Å². The van der Waals surface area contributed by atoms with E-state index in [0.29, 0.717) is 22.3 Å². The van der Waals surface area contributed by atoms with Gasteiger partial charge in [0, 0.05) is 19.0 Å². The van der Waals surface area contributed by atoms with Gasteiger partial charge in [0.05, 0.1) is 4.91 Å². The number of hydrogen-bond acceptors (Lipinski definition) is 6. The zero-order valence-corrected chi connectivity index (χ0v) is 15.0. The fourth-order valence-corrected chi connectivity index (χ4v) is 3.82. The number of amides is 3. The van der Waals surface area contributed by atoms with E-state index < -0.39 is 0 Å². The lowest BCUT2D eigenvalue weighted by molar-refractivity contribution is -0.125. The molecule has 0 radical (unpaired) electrons. The van der Waals surface area contributed by atoms with Crippen molar-refractivity contribution < 1.29 is 23.9 Å². The van der Waals surface area contributed by atoms with Gasteiger partial charge in [-0.25, -0.2) is 0 Å². The summed E-state index contributed by atoms with van der Waals surface area (Å²) in [6, 6.07) is 5.35. The van der Waals surface area contributed by atoms with Crippen molar-refractivity contribution >= 4 is 34.9 Å². The number of thioether (sulfide) groups is 1. The monoisotopic (exact) mass is 374 g/mol. The fraction of sp³-hybridized carbons (Fsp3) is 0.389. The topological polar surface area (TPSA) is 84.9 Å². The Labute approximate surface area is 154 Å². The van der Waals surface area contributed by atoms with Crippen molar-refractivity contribution in [2.75, 3.05) is 19.9 Å². The minimum Gasteiger partial charge on any atom is -0.454 e. The van der Waals surface area contributed by atoms with E-state index in [9.17, 15) is 14.4 Å². The third-order valence-electron chi connectivity index (χ3n) is 4.65. The third-order valence-corrected chi connectivity index (χ3v) is 5.56. The van der Waals surface area contributed by atoms with Crippen molar-refractivity contribution in [1.29, 1.82) is 0 Å². The smallest absolute Gasteiger partial charge is 0.293 e. The average molecular weight is 374 g/mol. The molecule has 3 amide bonds. The molecule has 4 rings (SSSR count). The second kappa shape index (κ2) is 6.68. The summed E-state index contributed by atoms with van der Waals surface area (Å²) >= 11 is 0.902. The quantitative estimate of drug-likeness (QED) is 0.796. The Morgan fingerprint density at radius 3 is 2.88 bits per heavy atom. The molecule has 0 spiro atoms. The van der Waals surface area contributed by atoms with E-state index in [1.165, 1.54) is 4.90 Å². The van der Waals surface area contributed by atoms with Gasteiger partial charge >= 0.3 is 0 Å². The summed E-state index contributed by atoms with van der Waals surface area (Å²) in [5, 5.41) is 2.47. The second-order valence-corrected chi connectivity index (χ2v) is 7.55. The lowest BCUT2D eigenvalue weighted by Gasteiger charge is -2.12. The van der Waals surface area contributed by atoms with Gasteiger partial charge in [-0.15, -0.1) is 0 Å². The lowest BCUT2D eigenvalue weighted by atomic mass is 10.2. The van der Waals surface area contributed by atoms with Gasteiger partial charge in [0.2, 0.25) is 12.7 Å². The molecule has 2 atom stereocenters. The number of hydrogen-bond donors (Lipinski definition) is 1. The van der Waals surface area contributed by atoms with Gasteiger partial charge in [0.25, 0.3) is 11.1 Å². The number of nitrogens with zero attached hydrogens (tertiary/aromatic N) is 1. The zero-order chi connectivity index (χ0) is 18.3. The summed E-state index contributed by atoms with van der Waals surface area (Å²) in [5.74, 6) is 1.45. The number of ether oxygens (including phenoxy) is 2. The van der Waals surface area contributed by atoms with Crippen molar-refractivity contribution in [3.8, 4) is 11.5 Å². The Hall–Kier alpha value is -2.48. The van der Waals surface area contributed by atoms with E-state index in [0.717, 1.165) is 23.7 Å². The van der Waals surface area contributed by atoms with Crippen molar-refractivity contribution in [3.05, 3.63) is 28.7 Å². The normalized spacial score (nSPS) is 25.1. The van der Waals surface area contributed by atoms with Crippen LogP contribution in [0.1, 0.15) is 18.9 Å². The van der Waals surface area contributed by atoms with Gasteiger partial charge in [-0.3, -0.25) is 19.3 Å². The summed E-state index contributed by atoms with van der Waals surface area (Å²) in [6.45, 7) is 2.66. The predicted molar refractivity (Wildman–Crippen MR) is 95.5 cm³/mol. The highest BCUT2D eigenvalue weighted by atomic mass is 32.2. The van der Waals surface area contributed by atoms with E-state index in [4.69, 9.17) is 9.47 Å². The Kier molecular flexibility index (Phi) is 4.36. The molecule has 2 aliphatic heterocycles. The number of benzene rings is 1. The van der Waals surface area contributed by atoms with Gasteiger partial charge in [-0.2, -0.15) is 0 Å². The number of fused-ring (bicyclic) bond motifs is 1. The van der Waals surface area contributed by atoms with Crippen LogP contribution in [0, 0.1) is 11.8 Å². The summed E-state index contributed by atoms with van der Waals surface area (Å²) in [5.41, 5.74) is 0.760. The maximum atomic E-state index is 12.5. The van der Waals surface area contributed by atoms with Crippen LogP contribution in [-0.4, -0.2) is 41.8 Å². The molecule has 1 aromatic rings. The number of imide groups is 1. The summed E-state index contributed by atoms with van der Waals surface area (Å²) in [4.78, 5) is 37.9. The molecular formula is C18H18N2O5S. The SMILES string of the molecule is C[C@H]1C[C@H]1C(=O)NCCN1C(=O)S/C(=C\c2ccc3c(c2)OCO3)C1=O. The lowest BCUT2D eigenvalue weighted by Crippen LogP contribution is -2.37. The number of nitrogens with one attached hydrogen (secondary N) is 1. The highest BCUT2D eigenvalue weighted by Gasteiger charge is 2.39. The fourth-order valence-electron chi connectivity index (χ4n) is 2.96. The summed E-state index contributed by atoms with van der Waals surface area (Å²) < 4.78 is 10.6. The Balaban J connectivity index is 1.38. The van der Waals surface area contributed by atoms with Crippen LogP contribution in [0.5, 0.6) is 11.5 Å². The van der Waals surface area contributed by atoms with Crippen LogP contribution in [-0.2, 0) is 9.59 Å². The second-order valence-electron chi connectivity index (χ2n) is 6.56. The van der Waals surface area contributed by atoms with Crippen LogP contribution in [0.15, 0.2) is 23.1 Å². The van der Waals surface area contributed by atoms with Crippen molar-refractivity contribution in [3.63, 3.8) is 0 Å². The largest absolute Gasteiger partial charge is 0.454 e. The molecule has 8 heteroatoms. The average Bonchev–Trinajstić information content (AvgIpc) is 3.07. The molecule has 1 aliphatic carbocycles. The van der Waals surface area contributed by atoms with E-state index >= 15 is 0 Å². The molecular weight excluding hydrogens is 356 g/mol. The first-order valence-electron chi connectivity index (χ1n) is 8.45. The van der Waals surface area contributed by atoms with E-state index in [1.54, 1.807) is 24.3 Å². The van der Waals surface area contributed by atoms with Gasteiger partial charge in [-0.1, -0.05) is 13.0 Å². The van der Waals surface area contributed by atoms with E-state index in [1.807, 2.05) is 6.92 Å². The third kappa shape index (κ3) is 3.29. The molecule has 1 N–H and O–H groups in total. The molecule has 0 unspecified atom stereocenters. The molecule has 1 saturated carbocycles. The van der Waals surface area contributed by atoms with E-state index in [2.05, 4.69) is 5.32 Å². The van der Waals surface area contributed by atoms with Crippen molar-refractivity contribution in [1.82, 2.24) is 10.2 Å².